The molecule has 0 saturated carbocycles. The van der Waals surface area contributed by atoms with Gasteiger partial charge in [-0.05, 0) is 38.3 Å². The predicted molar refractivity (Wildman–Crippen MR) is 153 cm³/mol. The molecule has 0 spiro atoms. The van der Waals surface area contributed by atoms with Crippen LogP contribution < -0.4 is 0 Å². The van der Waals surface area contributed by atoms with Crippen LogP contribution in [0.15, 0.2) is 11.0 Å². The summed E-state index contributed by atoms with van der Waals surface area (Å²) in [6.45, 7) is 8.15. The molecule has 0 bridgehead atoms. The average molecular weight is 612 g/mol. The van der Waals surface area contributed by atoms with Crippen molar-refractivity contribution in [3.8, 4) is 0 Å². The fraction of sp³-hybridized carbons (Fsp3) is 0.767. The molecule has 236 valence electrons. The molecule has 11 nitrogen and oxygen atoms in total. The van der Waals surface area contributed by atoms with Crippen LogP contribution in [0.3, 0.4) is 0 Å². The van der Waals surface area contributed by atoms with Gasteiger partial charge in [-0.15, -0.1) is 11.3 Å². The lowest BCUT2D eigenvalue weighted by Gasteiger charge is -2.37. The van der Waals surface area contributed by atoms with Crippen LogP contribution in [0.2, 0.25) is 0 Å². The Morgan fingerprint density at radius 2 is 1.86 bits per heavy atom. The smallest absolute Gasteiger partial charge is 0.309 e. The van der Waals surface area contributed by atoms with Crippen molar-refractivity contribution in [3.05, 3.63) is 21.7 Å². The lowest BCUT2D eigenvalue weighted by atomic mass is 9.74. The first-order valence-electron chi connectivity index (χ1n) is 14.8. The molecule has 10 atom stereocenters. The molecule has 3 saturated heterocycles. The molecule has 0 radical (unpaired) electrons. The van der Waals surface area contributed by atoms with E-state index in [-0.39, 0.29) is 24.4 Å². The Morgan fingerprint density at radius 3 is 2.50 bits per heavy atom. The maximum absolute atomic E-state index is 13.7. The molecule has 4 N–H and O–H groups in total. The third kappa shape index (κ3) is 7.84. The highest BCUT2D eigenvalue weighted by Gasteiger charge is 2.49. The number of ether oxygens (including phenoxy) is 4. The van der Waals surface area contributed by atoms with Crippen molar-refractivity contribution >= 4 is 29.2 Å². The van der Waals surface area contributed by atoms with Gasteiger partial charge in [0.2, 0.25) is 0 Å². The molecule has 0 aromatic carbocycles. The van der Waals surface area contributed by atoms with Crippen LogP contribution in [0.5, 0.6) is 0 Å². The van der Waals surface area contributed by atoms with Crippen LogP contribution in [0.4, 0.5) is 0 Å². The number of cyclic esters (lactones) is 1. The van der Waals surface area contributed by atoms with Gasteiger partial charge in [0.05, 0.1) is 53.6 Å². The largest absolute Gasteiger partial charge is 0.458 e. The third-order valence-electron chi connectivity index (χ3n) is 8.75. The van der Waals surface area contributed by atoms with Crippen LogP contribution in [0, 0.1) is 18.3 Å². The summed E-state index contributed by atoms with van der Waals surface area (Å²) in [7, 11) is 0. The first kappa shape index (κ1) is 33.1. The first-order chi connectivity index (χ1) is 19.8. The lowest BCUT2D eigenvalue weighted by Crippen LogP contribution is -2.48. The van der Waals surface area contributed by atoms with Gasteiger partial charge in [-0.25, -0.2) is 4.98 Å². The van der Waals surface area contributed by atoms with E-state index >= 15 is 0 Å². The van der Waals surface area contributed by atoms with Gasteiger partial charge in [-0.1, -0.05) is 33.6 Å². The molecule has 0 amide bonds. The molecule has 0 aliphatic carbocycles. The van der Waals surface area contributed by atoms with Gasteiger partial charge in [0.25, 0.3) is 0 Å². The minimum absolute atomic E-state index is 0.0477. The molecule has 3 aliphatic heterocycles. The topological polar surface area (TPSA) is 168 Å². The van der Waals surface area contributed by atoms with Crippen LogP contribution in [0.25, 0.3) is 6.08 Å². The van der Waals surface area contributed by atoms with Crippen LogP contribution >= 0.6 is 11.3 Å². The van der Waals surface area contributed by atoms with Gasteiger partial charge in [-0.2, -0.15) is 0 Å². The summed E-state index contributed by atoms with van der Waals surface area (Å²) in [5.41, 5.74) is 0.263. The van der Waals surface area contributed by atoms with Gasteiger partial charge in [0, 0.05) is 17.7 Å². The second kappa shape index (κ2) is 13.9. The van der Waals surface area contributed by atoms with E-state index in [1.165, 1.54) is 11.3 Å². The molecule has 4 heterocycles. The number of aliphatic hydroxyl groups is 4. The summed E-state index contributed by atoms with van der Waals surface area (Å²) in [5.74, 6) is -1.69. The Morgan fingerprint density at radius 1 is 1.14 bits per heavy atom. The zero-order valence-corrected chi connectivity index (χ0v) is 25.8. The van der Waals surface area contributed by atoms with Crippen molar-refractivity contribution in [1.82, 2.24) is 4.98 Å². The molecule has 3 aliphatic rings. The molecule has 0 unspecified atom stereocenters. The Bertz CT molecular complexity index is 1120. The second-order valence-electron chi connectivity index (χ2n) is 12.4. The van der Waals surface area contributed by atoms with Crippen LogP contribution in [0.1, 0.15) is 76.9 Å². The maximum Gasteiger partial charge on any atom is 0.309 e. The monoisotopic (exact) mass is 611 g/mol. The van der Waals surface area contributed by atoms with Crippen molar-refractivity contribution in [3.63, 3.8) is 0 Å². The number of aryl methyl sites for hydroxylation is 1. The number of ketones is 1. The average Bonchev–Trinajstić information content (AvgIpc) is 3.46. The fourth-order valence-corrected chi connectivity index (χ4v) is 6.36. The van der Waals surface area contributed by atoms with Gasteiger partial charge >= 0.3 is 5.97 Å². The van der Waals surface area contributed by atoms with Gasteiger partial charge in [0.1, 0.15) is 30.2 Å². The number of aromatic nitrogens is 1. The number of nitrogens with zero attached hydrogens (tertiary/aromatic N) is 1. The van der Waals surface area contributed by atoms with Crippen molar-refractivity contribution in [2.24, 2.45) is 11.3 Å². The minimum Gasteiger partial charge on any atom is -0.458 e. The summed E-state index contributed by atoms with van der Waals surface area (Å²) in [6, 6.07) is 0. The SMILES string of the molecule is C/C(=C\c1csc(C)n1)[C@@H]1C[C@@H]2O[C@@H]2CCCC[C@H](O)[C@@H](C)C(=O)C(C)(C)[C@@H](O[C@H]2O[C@H](CO)[C@@H](O)[C@H]2O)CC(=O)O1. The lowest BCUT2D eigenvalue weighted by molar-refractivity contribution is -0.217. The van der Waals surface area contributed by atoms with Crippen LogP contribution in [-0.2, 0) is 28.5 Å². The number of rotatable bonds is 5. The highest BCUT2D eigenvalue weighted by atomic mass is 32.1. The Labute approximate surface area is 250 Å². The number of epoxide rings is 1. The van der Waals surface area contributed by atoms with E-state index in [4.69, 9.17) is 18.9 Å². The van der Waals surface area contributed by atoms with E-state index in [1.807, 2.05) is 25.3 Å². The number of aliphatic hydroxyl groups excluding tert-OH is 4. The maximum atomic E-state index is 13.7. The molecule has 3 fully saturated rings. The number of Topliss-reactive ketones (excluding diaryl/α,β-unsaturated/α-hetero) is 1. The van der Waals surface area contributed by atoms with Crippen molar-refractivity contribution in [2.75, 3.05) is 6.61 Å². The first-order valence-corrected chi connectivity index (χ1v) is 15.6. The number of carbonyl (C=O) groups excluding carboxylic acids is 2. The van der Waals surface area contributed by atoms with E-state index in [0.717, 1.165) is 35.5 Å². The van der Waals surface area contributed by atoms with E-state index < -0.39 is 66.8 Å². The number of fused-ring (bicyclic) bond motifs is 1. The summed E-state index contributed by atoms with van der Waals surface area (Å²) in [4.78, 5) is 31.8. The summed E-state index contributed by atoms with van der Waals surface area (Å²) in [5, 5.41) is 44.0. The number of esters is 1. The molecule has 4 rings (SSSR count). The standard InChI is InChI=1S/C30H45NO10S/c1-15(10-18-14-42-17(3)31-18)21-11-22-20(38-22)9-7-6-8-19(33)16(2)28(37)30(4,5)24(12-25(34)39-21)41-29-27(36)26(35)23(13-32)40-29/h10,14,16,19-24,26-27,29,32-33,35-36H,6-9,11-13H2,1-5H3/b15-10+/t16-,19+,20-,21+,22+,23-,24+,26-,27-,29-/m1/s1. The highest BCUT2D eigenvalue weighted by molar-refractivity contribution is 7.09. The van der Waals surface area contributed by atoms with Crippen molar-refractivity contribution in [2.45, 2.75) is 128 Å². The summed E-state index contributed by atoms with van der Waals surface area (Å²) in [6.07, 6.45) is -3.20. The number of hydrogen-bond donors (Lipinski definition) is 4. The fourth-order valence-electron chi connectivity index (χ4n) is 5.79. The molecule has 1 aromatic heterocycles. The molecular weight excluding hydrogens is 566 g/mol. The number of hydrogen-bond acceptors (Lipinski definition) is 12. The third-order valence-corrected chi connectivity index (χ3v) is 9.54. The Balaban J connectivity index is 1.61. The molecule has 12 heteroatoms. The van der Waals surface area contributed by atoms with Crippen LogP contribution in [-0.4, -0.2) is 98.9 Å². The summed E-state index contributed by atoms with van der Waals surface area (Å²) < 4.78 is 23.5. The Hall–Kier alpha value is -1.77. The number of thiazole rings is 1. The highest BCUT2D eigenvalue weighted by Crippen LogP contribution is 2.38. The van der Waals surface area contributed by atoms with Gasteiger partial charge in [0.15, 0.2) is 6.29 Å². The van der Waals surface area contributed by atoms with E-state index in [9.17, 15) is 30.0 Å². The molecule has 42 heavy (non-hydrogen) atoms. The van der Waals surface area contributed by atoms with Crippen molar-refractivity contribution in [1.29, 1.82) is 0 Å². The Kier molecular flexibility index (Phi) is 11.0. The zero-order chi connectivity index (χ0) is 30.8. The van der Waals surface area contributed by atoms with E-state index in [2.05, 4.69) is 4.98 Å². The van der Waals surface area contributed by atoms with Gasteiger partial charge < -0.3 is 39.4 Å². The zero-order valence-electron chi connectivity index (χ0n) is 25.0. The van der Waals surface area contributed by atoms with E-state index in [1.54, 1.807) is 20.8 Å². The van der Waals surface area contributed by atoms with Gasteiger partial charge in [-0.3, -0.25) is 9.59 Å². The second-order valence-corrected chi connectivity index (χ2v) is 13.4. The minimum atomic E-state index is -1.50. The molecular formula is C30H45NO10S. The normalized spacial score (nSPS) is 38.6. The predicted octanol–water partition coefficient (Wildman–Crippen LogP) is 2.30. The molecule has 1 aromatic rings. The van der Waals surface area contributed by atoms with Crippen molar-refractivity contribution < 1.29 is 49.0 Å². The quantitative estimate of drug-likeness (QED) is 0.285. The number of carbonyl (C=O) groups is 2. The van der Waals surface area contributed by atoms with E-state index in [0.29, 0.717) is 12.8 Å². The summed E-state index contributed by atoms with van der Waals surface area (Å²) >= 11 is 1.53.